The van der Waals surface area contributed by atoms with E-state index >= 15 is 0 Å². The quantitative estimate of drug-likeness (QED) is 0.720. The van der Waals surface area contributed by atoms with E-state index in [1.54, 1.807) is 12.1 Å². The second-order valence-electron chi connectivity index (χ2n) is 4.60. The fourth-order valence-corrected chi connectivity index (χ4v) is 2.37. The van der Waals surface area contributed by atoms with Gasteiger partial charge in [-0.15, -0.1) is 0 Å². The molecule has 1 atom stereocenters. The van der Waals surface area contributed by atoms with Gasteiger partial charge in [-0.25, -0.2) is 4.39 Å². The molecule has 1 aliphatic heterocycles. The van der Waals surface area contributed by atoms with Gasteiger partial charge in [-0.3, -0.25) is 4.90 Å². The molecular weight excluding hydrogens is 189 g/mol. The van der Waals surface area contributed by atoms with Crippen molar-refractivity contribution in [3.8, 4) is 0 Å². The summed E-state index contributed by atoms with van der Waals surface area (Å²) in [6.07, 6.45) is 2.55. The van der Waals surface area contributed by atoms with E-state index < -0.39 is 0 Å². The van der Waals surface area contributed by atoms with Crippen LogP contribution in [0.2, 0.25) is 0 Å². The molecular formula is C13H18FN. The highest BCUT2D eigenvalue weighted by atomic mass is 19.1. The highest BCUT2D eigenvalue weighted by Crippen LogP contribution is 2.20. The molecule has 0 aliphatic carbocycles. The second kappa shape index (κ2) is 4.31. The summed E-state index contributed by atoms with van der Waals surface area (Å²) >= 11 is 0. The van der Waals surface area contributed by atoms with Crippen molar-refractivity contribution in [1.29, 1.82) is 0 Å². The number of rotatable bonds is 2. The van der Waals surface area contributed by atoms with Crippen LogP contribution < -0.4 is 0 Å². The molecule has 1 aromatic carbocycles. The minimum absolute atomic E-state index is 0.114. The molecule has 82 valence electrons. The van der Waals surface area contributed by atoms with Crippen molar-refractivity contribution in [2.75, 3.05) is 6.54 Å². The maximum absolute atomic E-state index is 13.2. The molecule has 1 saturated heterocycles. The molecule has 0 spiro atoms. The molecule has 1 fully saturated rings. The largest absolute Gasteiger partial charge is 0.296 e. The molecule has 1 nitrogen and oxygen atoms in total. The van der Waals surface area contributed by atoms with Gasteiger partial charge in [-0.2, -0.15) is 0 Å². The zero-order valence-electron chi connectivity index (χ0n) is 9.46. The van der Waals surface area contributed by atoms with Gasteiger partial charge in [0.05, 0.1) is 0 Å². The SMILES string of the molecule is Cc1cc(F)cc(CN2CCCC2C)c1. The Kier molecular flexibility index (Phi) is 3.06. The van der Waals surface area contributed by atoms with Crippen LogP contribution in [0.25, 0.3) is 0 Å². The van der Waals surface area contributed by atoms with Gasteiger partial charge in [0.2, 0.25) is 0 Å². The number of benzene rings is 1. The zero-order valence-corrected chi connectivity index (χ0v) is 9.46. The van der Waals surface area contributed by atoms with Crippen molar-refractivity contribution in [2.24, 2.45) is 0 Å². The Morgan fingerprint density at radius 1 is 1.40 bits per heavy atom. The molecule has 1 aromatic rings. The molecule has 0 bridgehead atoms. The molecule has 1 unspecified atom stereocenters. The van der Waals surface area contributed by atoms with E-state index in [1.807, 2.05) is 6.92 Å². The first kappa shape index (κ1) is 10.6. The molecule has 0 aromatic heterocycles. The summed E-state index contributed by atoms with van der Waals surface area (Å²) in [5.74, 6) is -0.114. The fourth-order valence-electron chi connectivity index (χ4n) is 2.37. The molecule has 2 rings (SSSR count). The van der Waals surface area contributed by atoms with E-state index in [1.165, 1.54) is 12.8 Å². The summed E-state index contributed by atoms with van der Waals surface area (Å²) < 4.78 is 13.2. The summed E-state index contributed by atoms with van der Waals surface area (Å²) in [7, 11) is 0. The molecule has 15 heavy (non-hydrogen) atoms. The first-order valence-corrected chi connectivity index (χ1v) is 5.65. The number of nitrogens with zero attached hydrogens (tertiary/aromatic N) is 1. The Balaban J connectivity index is 2.10. The van der Waals surface area contributed by atoms with Gasteiger partial charge in [-0.05, 0) is 56.5 Å². The van der Waals surface area contributed by atoms with Gasteiger partial charge in [0.25, 0.3) is 0 Å². The number of hydrogen-bond acceptors (Lipinski definition) is 1. The lowest BCUT2D eigenvalue weighted by Gasteiger charge is -2.21. The van der Waals surface area contributed by atoms with Crippen molar-refractivity contribution in [3.63, 3.8) is 0 Å². The lowest BCUT2D eigenvalue weighted by atomic mass is 10.1. The Morgan fingerprint density at radius 2 is 2.20 bits per heavy atom. The van der Waals surface area contributed by atoms with E-state index in [4.69, 9.17) is 0 Å². The van der Waals surface area contributed by atoms with Gasteiger partial charge < -0.3 is 0 Å². The van der Waals surface area contributed by atoms with E-state index in [0.717, 1.165) is 24.2 Å². The monoisotopic (exact) mass is 207 g/mol. The van der Waals surface area contributed by atoms with E-state index in [9.17, 15) is 4.39 Å². The van der Waals surface area contributed by atoms with Crippen molar-refractivity contribution in [1.82, 2.24) is 4.90 Å². The van der Waals surface area contributed by atoms with Crippen LogP contribution >= 0.6 is 0 Å². The second-order valence-corrected chi connectivity index (χ2v) is 4.60. The number of aryl methyl sites for hydroxylation is 1. The van der Waals surface area contributed by atoms with Gasteiger partial charge in [0.15, 0.2) is 0 Å². The van der Waals surface area contributed by atoms with Crippen LogP contribution in [0, 0.1) is 12.7 Å². The first-order chi connectivity index (χ1) is 7.15. The predicted octanol–water partition coefficient (Wildman–Crippen LogP) is 3.12. The molecule has 0 radical (unpaired) electrons. The maximum atomic E-state index is 13.2. The lowest BCUT2D eigenvalue weighted by molar-refractivity contribution is 0.260. The van der Waals surface area contributed by atoms with Crippen molar-refractivity contribution in [2.45, 2.75) is 39.3 Å². The Hall–Kier alpha value is -0.890. The van der Waals surface area contributed by atoms with Crippen LogP contribution in [0.15, 0.2) is 18.2 Å². The van der Waals surface area contributed by atoms with Crippen LogP contribution in [0.1, 0.15) is 30.9 Å². The predicted molar refractivity (Wildman–Crippen MR) is 60.2 cm³/mol. The number of likely N-dealkylation sites (tertiary alicyclic amines) is 1. The highest BCUT2D eigenvalue weighted by molar-refractivity contribution is 5.23. The molecule has 1 heterocycles. The Morgan fingerprint density at radius 3 is 2.80 bits per heavy atom. The van der Waals surface area contributed by atoms with Crippen LogP contribution in [0.5, 0.6) is 0 Å². The van der Waals surface area contributed by atoms with E-state index in [-0.39, 0.29) is 5.82 Å². The average molecular weight is 207 g/mol. The topological polar surface area (TPSA) is 3.24 Å². The van der Waals surface area contributed by atoms with Crippen LogP contribution in [-0.2, 0) is 6.54 Å². The summed E-state index contributed by atoms with van der Waals surface area (Å²) in [5, 5.41) is 0. The summed E-state index contributed by atoms with van der Waals surface area (Å²) in [6, 6.07) is 5.96. The minimum Gasteiger partial charge on any atom is -0.296 e. The summed E-state index contributed by atoms with van der Waals surface area (Å²) in [6.45, 7) is 6.23. The molecule has 0 N–H and O–H groups in total. The summed E-state index contributed by atoms with van der Waals surface area (Å²) in [4.78, 5) is 2.42. The van der Waals surface area contributed by atoms with Crippen molar-refractivity contribution in [3.05, 3.63) is 35.1 Å². The molecule has 0 amide bonds. The molecule has 0 saturated carbocycles. The zero-order chi connectivity index (χ0) is 10.8. The minimum atomic E-state index is -0.114. The van der Waals surface area contributed by atoms with Gasteiger partial charge >= 0.3 is 0 Å². The Labute approximate surface area is 90.9 Å². The maximum Gasteiger partial charge on any atom is 0.123 e. The van der Waals surface area contributed by atoms with Crippen molar-refractivity contribution >= 4 is 0 Å². The van der Waals surface area contributed by atoms with Crippen molar-refractivity contribution < 1.29 is 4.39 Å². The molecule has 1 aliphatic rings. The van der Waals surface area contributed by atoms with Gasteiger partial charge in [0, 0.05) is 12.6 Å². The average Bonchev–Trinajstić information content (AvgIpc) is 2.50. The number of halogens is 1. The smallest absolute Gasteiger partial charge is 0.123 e. The lowest BCUT2D eigenvalue weighted by Crippen LogP contribution is -2.26. The van der Waals surface area contributed by atoms with Crippen LogP contribution in [0.3, 0.4) is 0 Å². The van der Waals surface area contributed by atoms with Gasteiger partial charge in [-0.1, -0.05) is 6.07 Å². The third kappa shape index (κ3) is 2.57. The van der Waals surface area contributed by atoms with E-state index in [0.29, 0.717) is 6.04 Å². The first-order valence-electron chi connectivity index (χ1n) is 5.65. The molecule has 2 heteroatoms. The van der Waals surface area contributed by atoms with Crippen LogP contribution in [0.4, 0.5) is 4.39 Å². The van der Waals surface area contributed by atoms with E-state index in [2.05, 4.69) is 17.9 Å². The Bertz CT molecular complexity index is 328. The third-order valence-corrected chi connectivity index (χ3v) is 3.18. The third-order valence-electron chi connectivity index (χ3n) is 3.18. The normalized spacial score (nSPS) is 22.2. The van der Waals surface area contributed by atoms with Gasteiger partial charge in [0.1, 0.15) is 5.82 Å². The summed E-state index contributed by atoms with van der Waals surface area (Å²) in [5.41, 5.74) is 2.11. The highest BCUT2D eigenvalue weighted by Gasteiger charge is 2.20. The standard InChI is InChI=1S/C13H18FN/c1-10-6-12(8-13(14)7-10)9-15-5-3-4-11(15)2/h6-8,11H,3-5,9H2,1-2H3. The number of hydrogen-bond donors (Lipinski definition) is 0. The fraction of sp³-hybridized carbons (Fsp3) is 0.538. The van der Waals surface area contributed by atoms with Crippen LogP contribution in [-0.4, -0.2) is 17.5 Å².